The normalized spacial score (nSPS) is 10.5. The Balaban J connectivity index is 0.000000245. The Bertz CT molecular complexity index is 2230. The van der Waals surface area contributed by atoms with Gasteiger partial charge in [0.05, 0.1) is 14.2 Å². The van der Waals surface area contributed by atoms with Crippen molar-refractivity contribution in [3.05, 3.63) is 188 Å². The molecule has 0 atom stereocenters. The lowest BCUT2D eigenvalue weighted by atomic mass is 9.80. The van der Waals surface area contributed by atoms with Crippen LogP contribution in [0.4, 0.5) is 0 Å². The fraction of sp³-hybridized carbons (Fsp3) is 0.106. The summed E-state index contributed by atoms with van der Waals surface area (Å²) in [7, 11) is 1.38. The first kappa shape index (κ1) is 44.2. The molecule has 0 radical (unpaired) electrons. The van der Waals surface area contributed by atoms with Crippen LogP contribution in [-0.4, -0.2) is 43.3 Å². The van der Waals surface area contributed by atoms with Crippen molar-refractivity contribution in [2.75, 3.05) is 14.2 Å². The molecule has 0 spiro atoms. The van der Waals surface area contributed by atoms with Crippen LogP contribution in [-0.2, 0) is 25.7 Å². The Morgan fingerprint density at radius 3 is 1.51 bits per heavy atom. The molecule has 0 aliphatic heterocycles. The van der Waals surface area contributed by atoms with E-state index in [4.69, 9.17) is 19.5 Å². The third-order valence-corrected chi connectivity index (χ3v) is 9.18. The monoisotopic (exact) mass is 888 g/mol. The molecular weight excluding hydrogens is 847 g/mol. The Morgan fingerprint density at radius 2 is 1.04 bits per heavy atom. The molecule has 0 aliphatic rings. The Kier molecular flexibility index (Phi) is 17.8. The first-order valence-corrected chi connectivity index (χ1v) is 19.4. The summed E-state index contributed by atoms with van der Waals surface area (Å²) in [6.45, 7) is 4.56. The number of benzene rings is 6. The maximum absolute atomic E-state index is 11.6. The molecule has 0 heterocycles. The predicted octanol–water partition coefficient (Wildman–Crippen LogP) is 10.2. The molecule has 0 amide bonds. The van der Waals surface area contributed by atoms with Crippen molar-refractivity contribution in [3.63, 3.8) is 0 Å². The lowest BCUT2D eigenvalue weighted by Gasteiger charge is -2.11. The fourth-order valence-corrected chi connectivity index (χ4v) is 6.52. The van der Waals surface area contributed by atoms with Gasteiger partial charge in [0, 0.05) is 21.1 Å². The largest absolute Gasteiger partial charge is 0.489 e. The zero-order chi connectivity index (χ0) is 41.2. The molecular formula is C47H43BBr2O7. The number of carbonyl (C=O) groups is 2. The highest BCUT2D eigenvalue weighted by atomic mass is 79.9. The minimum absolute atomic E-state index is 0.360. The molecule has 0 aliphatic carbocycles. The van der Waals surface area contributed by atoms with Crippen LogP contribution in [0, 0.1) is 13.8 Å². The number of esters is 2. The van der Waals surface area contributed by atoms with Gasteiger partial charge < -0.3 is 24.3 Å². The van der Waals surface area contributed by atoms with E-state index < -0.39 is 7.12 Å². The summed E-state index contributed by atoms with van der Waals surface area (Å²) in [5.41, 5.74) is 10.2. The summed E-state index contributed by atoms with van der Waals surface area (Å²) < 4.78 is 17.1. The van der Waals surface area contributed by atoms with Gasteiger partial charge in [-0.25, -0.2) is 9.59 Å². The van der Waals surface area contributed by atoms with Gasteiger partial charge in [-0.1, -0.05) is 134 Å². The van der Waals surface area contributed by atoms with Crippen LogP contribution in [0.15, 0.2) is 161 Å². The second-order valence-corrected chi connectivity index (χ2v) is 14.5. The van der Waals surface area contributed by atoms with Crippen LogP contribution in [0.5, 0.6) is 5.75 Å². The number of methoxy groups -OCH3 is 2. The van der Waals surface area contributed by atoms with E-state index in [2.05, 4.69) is 98.1 Å². The van der Waals surface area contributed by atoms with Crippen LogP contribution in [0.3, 0.4) is 0 Å². The molecule has 0 saturated carbocycles. The number of hydrogen-bond donors (Lipinski definition) is 2. The fourth-order valence-electron chi connectivity index (χ4n) is 5.19. The van der Waals surface area contributed by atoms with Gasteiger partial charge in [0.15, 0.2) is 0 Å². The second kappa shape index (κ2) is 22.9. The summed E-state index contributed by atoms with van der Waals surface area (Å²) >= 11 is 6.71. The third kappa shape index (κ3) is 15.5. The first-order valence-electron chi connectivity index (χ1n) is 17.8. The Hall–Kier alpha value is -5.52. The van der Waals surface area contributed by atoms with Crippen molar-refractivity contribution in [1.82, 2.24) is 0 Å². The summed E-state index contributed by atoms with van der Waals surface area (Å²) in [6, 6.07) is 45.8. The molecule has 0 aromatic heterocycles. The average Bonchev–Trinajstić information content (AvgIpc) is 3.22. The van der Waals surface area contributed by atoms with Gasteiger partial charge in [-0.2, -0.15) is 0 Å². The number of halogens is 2. The van der Waals surface area contributed by atoms with E-state index in [9.17, 15) is 9.59 Å². The zero-order valence-corrected chi connectivity index (χ0v) is 35.2. The number of aryl methyl sites for hydroxylation is 2. The summed E-state index contributed by atoms with van der Waals surface area (Å²) in [4.78, 5) is 22.4. The van der Waals surface area contributed by atoms with Gasteiger partial charge in [-0.3, -0.25) is 0 Å². The van der Waals surface area contributed by atoms with Gasteiger partial charge in [-0.15, -0.1) is 0 Å². The van der Waals surface area contributed by atoms with Crippen LogP contribution in [0.1, 0.15) is 27.8 Å². The van der Waals surface area contributed by atoms with Crippen LogP contribution in [0.25, 0.3) is 34.4 Å². The van der Waals surface area contributed by atoms with Crippen LogP contribution >= 0.6 is 31.9 Å². The SMILES string of the molecule is COC(=O)/C=C/c1cc(-c2ccc(C)cc2)cc(-c2ccc(OCc3ccccc3)cc2)c1.COC(=O)/C=C/c1cc(Br)cc(Br)c1.Cc1ccc(B(O)O)cc1. The van der Waals surface area contributed by atoms with Crippen molar-refractivity contribution in [3.8, 4) is 28.0 Å². The van der Waals surface area contributed by atoms with Crippen molar-refractivity contribution in [2.24, 2.45) is 0 Å². The van der Waals surface area contributed by atoms with E-state index in [1.165, 1.54) is 31.9 Å². The minimum Gasteiger partial charge on any atom is -0.489 e. The molecule has 0 bridgehead atoms. The molecule has 10 heteroatoms. The molecule has 0 unspecified atom stereocenters. The standard InChI is InChI=1S/C30H26O3.C10H8Br2O2.C7H9BO2/c1-22-8-11-25(12-9-22)27-18-24(10-17-30(31)32-2)19-28(20-27)26-13-15-29(16-14-26)33-21-23-6-4-3-5-7-23;1-14-10(13)3-2-7-4-8(11)6-9(12)5-7;1-6-2-4-7(5-3-6)8(9)10/h3-20H,21H2,1-2H3;2-6H,1H3;2-5,9-10H,1H3/b17-10+;3-2+;. The van der Waals surface area contributed by atoms with E-state index in [0.29, 0.717) is 12.1 Å². The topological polar surface area (TPSA) is 102 Å². The summed E-state index contributed by atoms with van der Waals surface area (Å²) in [5, 5.41) is 17.3. The maximum Gasteiger partial charge on any atom is 0.488 e. The minimum atomic E-state index is -1.35. The highest BCUT2D eigenvalue weighted by Gasteiger charge is 2.09. The lowest BCUT2D eigenvalue weighted by Crippen LogP contribution is -2.29. The van der Waals surface area contributed by atoms with Gasteiger partial charge in [0.2, 0.25) is 0 Å². The predicted molar refractivity (Wildman–Crippen MR) is 238 cm³/mol. The van der Waals surface area contributed by atoms with E-state index in [-0.39, 0.29) is 11.9 Å². The highest BCUT2D eigenvalue weighted by Crippen LogP contribution is 2.30. The number of ether oxygens (including phenoxy) is 3. The van der Waals surface area contributed by atoms with Crippen molar-refractivity contribution >= 4 is 68.5 Å². The smallest absolute Gasteiger partial charge is 0.488 e. The van der Waals surface area contributed by atoms with Gasteiger partial charge in [-0.05, 0) is 119 Å². The molecule has 290 valence electrons. The molecule has 6 rings (SSSR count). The van der Waals surface area contributed by atoms with Gasteiger partial charge in [0.1, 0.15) is 12.4 Å². The van der Waals surface area contributed by atoms with E-state index in [0.717, 1.165) is 59.2 Å². The highest BCUT2D eigenvalue weighted by molar-refractivity contribution is 9.11. The van der Waals surface area contributed by atoms with Crippen LogP contribution < -0.4 is 10.2 Å². The quantitative estimate of drug-likeness (QED) is 0.0803. The molecule has 6 aromatic rings. The molecule has 6 aromatic carbocycles. The second-order valence-electron chi connectivity index (χ2n) is 12.7. The zero-order valence-electron chi connectivity index (χ0n) is 32.1. The van der Waals surface area contributed by atoms with E-state index in [1.807, 2.05) is 79.7 Å². The summed E-state index contributed by atoms with van der Waals surface area (Å²) in [5.74, 6) is 0.0846. The molecule has 57 heavy (non-hydrogen) atoms. The van der Waals surface area contributed by atoms with Gasteiger partial charge in [0.25, 0.3) is 0 Å². The van der Waals surface area contributed by atoms with Crippen molar-refractivity contribution in [1.29, 1.82) is 0 Å². The van der Waals surface area contributed by atoms with Crippen molar-refractivity contribution < 1.29 is 33.8 Å². The maximum atomic E-state index is 11.6. The molecule has 7 nitrogen and oxygen atoms in total. The van der Waals surface area contributed by atoms with E-state index >= 15 is 0 Å². The Labute approximate surface area is 351 Å². The molecule has 0 saturated heterocycles. The molecule has 0 fully saturated rings. The first-order chi connectivity index (χ1) is 27.4. The van der Waals surface area contributed by atoms with E-state index in [1.54, 1.807) is 24.3 Å². The number of hydrogen-bond acceptors (Lipinski definition) is 7. The number of rotatable bonds is 10. The average molecular weight is 890 g/mol. The Morgan fingerprint density at radius 1 is 0.579 bits per heavy atom. The summed E-state index contributed by atoms with van der Waals surface area (Å²) in [6.07, 6.45) is 6.30. The van der Waals surface area contributed by atoms with Gasteiger partial charge >= 0.3 is 19.1 Å². The third-order valence-electron chi connectivity index (χ3n) is 8.26. The lowest BCUT2D eigenvalue weighted by molar-refractivity contribution is -0.135. The van der Waals surface area contributed by atoms with Crippen LogP contribution in [0.2, 0.25) is 0 Å². The molecule has 2 N–H and O–H groups in total. The van der Waals surface area contributed by atoms with Crippen molar-refractivity contribution in [2.45, 2.75) is 20.5 Å². The number of carbonyl (C=O) groups excluding carboxylic acids is 2.